The molecule has 134 valence electrons. The Labute approximate surface area is 149 Å². The van der Waals surface area contributed by atoms with E-state index in [1.54, 1.807) is 12.5 Å². The van der Waals surface area contributed by atoms with Crippen LogP contribution in [-0.4, -0.2) is 46.5 Å². The van der Waals surface area contributed by atoms with E-state index in [4.69, 9.17) is 0 Å². The highest BCUT2D eigenvalue weighted by Crippen LogP contribution is 2.60. The molecule has 4 bridgehead atoms. The van der Waals surface area contributed by atoms with Crippen LogP contribution >= 0.6 is 0 Å². The first-order valence-corrected chi connectivity index (χ1v) is 9.95. The zero-order valence-electron chi connectivity index (χ0n) is 15.1. The molecule has 0 unspecified atom stereocenters. The van der Waals surface area contributed by atoms with Gasteiger partial charge in [0, 0.05) is 31.9 Å². The molecule has 4 aliphatic carbocycles. The van der Waals surface area contributed by atoms with Crippen LogP contribution in [0.25, 0.3) is 0 Å². The molecule has 1 aromatic heterocycles. The van der Waals surface area contributed by atoms with E-state index in [0.717, 1.165) is 62.5 Å². The third kappa shape index (κ3) is 2.54. The first-order chi connectivity index (χ1) is 12.1. The molecule has 1 saturated heterocycles. The summed E-state index contributed by atoms with van der Waals surface area (Å²) in [5.41, 5.74) is -0.0138. The Morgan fingerprint density at radius 3 is 2.36 bits per heavy atom. The van der Waals surface area contributed by atoms with Crippen LogP contribution in [0.1, 0.15) is 45.4 Å². The molecule has 0 N–H and O–H groups in total. The van der Waals surface area contributed by atoms with Crippen LogP contribution in [0.5, 0.6) is 0 Å². The molecule has 0 spiro atoms. The number of carbonyl (C=O) groups is 1. The Bertz CT molecular complexity index is 626. The van der Waals surface area contributed by atoms with Crippen LogP contribution in [0.3, 0.4) is 0 Å². The molecule has 5 fully saturated rings. The van der Waals surface area contributed by atoms with E-state index in [1.165, 1.54) is 19.3 Å². The molecule has 5 nitrogen and oxygen atoms in total. The second-order valence-corrected chi connectivity index (χ2v) is 9.06. The van der Waals surface area contributed by atoms with Crippen molar-refractivity contribution in [2.45, 2.75) is 51.5 Å². The summed E-state index contributed by atoms with van der Waals surface area (Å²) < 4.78 is 0. The summed E-state index contributed by atoms with van der Waals surface area (Å²) in [6.45, 7) is 4.77. The van der Waals surface area contributed by atoms with Gasteiger partial charge < -0.3 is 9.80 Å². The Morgan fingerprint density at radius 1 is 1.12 bits per heavy atom. The van der Waals surface area contributed by atoms with Crippen LogP contribution in [0, 0.1) is 23.2 Å². The Balaban J connectivity index is 1.32. The van der Waals surface area contributed by atoms with Gasteiger partial charge in [0.25, 0.3) is 0 Å². The molecule has 4 saturated carbocycles. The fourth-order valence-corrected chi connectivity index (χ4v) is 6.62. The van der Waals surface area contributed by atoms with E-state index in [9.17, 15) is 4.79 Å². The predicted molar refractivity (Wildman–Crippen MR) is 96.0 cm³/mol. The number of piperazine rings is 1. The van der Waals surface area contributed by atoms with Gasteiger partial charge in [-0.25, -0.2) is 9.97 Å². The molecule has 2 heterocycles. The topological polar surface area (TPSA) is 49.3 Å². The molecule has 1 amide bonds. The van der Waals surface area contributed by atoms with Gasteiger partial charge in [0.1, 0.15) is 12.1 Å². The molecule has 25 heavy (non-hydrogen) atoms. The first-order valence-electron chi connectivity index (χ1n) is 9.95. The van der Waals surface area contributed by atoms with Crippen molar-refractivity contribution in [3.8, 4) is 0 Å². The summed E-state index contributed by atoms with van der Waals surface area (Å²) in [5.74, 6) is 3.93. The predicted octanol–water partition coefficient (Wildman–Crippen LogP) is 2.73. The second kappa shape index (κ2) is 5.68. The summed E-state index contributed by atoms with van der Waals surface area (Å²) in [5, 5.41) is 0. The molecule has 0 radical (unpaired) electrons. The van der Waals surface area contributed by atoms with Crippen LogP contribution in [0.4, 0.5) is 5.82 Å². The highest BCUT2D eigenvalue weighted by atomic mass is 16.2. The van der Waals surface area contributed by atoms with Crippen LogP contribution in [0.2, 0.25) is 0 Å². The number of aromatic nitrogens is 2. The molecule has 1 aliphatic heterocycles. The number of rotatable bonds is 2. The van der Waals surface area contributed by atoms with Crippen LogP contribution in [0.15, 0.2) is 18.6 Å². The van der Waals surface area contributed by atoms with Crippen molar-refractivity contribution in [1.29, 1.82) is 0 Å². The largest absolute Gasteiger partial charge is 0.353 e. The van der Waals surface area contributed by atoms with E-state index in [2.05, 4.69) is 26.7 Å². The molecule has 5 aliphatic rings. The Kier molecular flexibility index (Phi) is 3.54. The van der Waals surface area contributed by atoms with E-state index >= 15 is 0 Å². The lowest BCUT2D eigenvalue weighted by molar-refractivity contribution is -0.160. The maximum Gasteiger partial charge on any atom is 0.229 e. The van der Waals surface area contributed by atoms with Crippen LogP contribution < -0.4 is 4.90 Å². The minimum absolute atomic E-state index is 0.0138. The molecular formula is C20H28N4O. The van der Waals surface area contributed by atoms with Crippen molar-refractivity contribution in [1.82, 2.24) is 14.9 Å². The summed E-state index contributed by atoms with van der Waals surface area (Å²) in [6.07, 6.45) is 11.1. The Hall–Kier alpha value is -1.65. The standard InChI is InChI=1S/C20H28N4O/c1-14-12-23(18-2-3-21-13-22-18)4-5-24(14)19(25)20-9-15-6-16(10-20)8-17(7-15)11-20/h2-3,13-17H,4-12H2,1H3/t14-,15?,16?,17?,20?/m1/s1. The second-order valence-electron chi connectivity index (χ2n) is 9.06. The van der Waals surface area contributed by atoms with Crippen molar-refractivity contribution in [3.05, 3.63) is 18.6 Å². The van der Waals surface area contributed by atoms with Gasteiger partial charge in [-0.05, 0) is 69.3 Å². The van der Waals surface area contributed by atoms with Gasteiger partial charge >= 0.3 is 0 Å². The molecule has 0 aromatic carbocycles. The fraction of sp³-hybridized carbons (Fsp3) is 0.750. The zero-order chi connectivity index (χ0) is 17.0. The third-order valence-electron chi connectivity index (χ3n) is 7.27. The van der Waals surface area contributed by atoms with Crippen molar-refractivity contribution >= 4 is 11.7 Å². The summed E-state index contributed by atoms with van der Waals surface area (Å²) in [4.78, 5) is 26.5. The quantitative estimate of drug-likeness (QED) is 0.831. The number of nitrogens with zero attached hydrogens (tertiary/aromatic N) is 4. The zero-order valence-corrected chi connectivity index (χ0v) is 15.1. The minimum atomic E-state index is -0.0138. The maximum absolute atomic E-state index is 13.6. The molecule has 5 heteroatoms. The van der Waals surface area contributed by atoms with E-state index in [-0.39, 0.29) is 11.5 Å². The van der Waals surface area contributed by atoms with Gasteiger partial charge in [-0.2, -0.15) is 0 Å². The SMILES string of the molecule is C[C@@H]1CN(c2ccncn2)CCN1C(=O)C12CC3CC(CC(C3)C1)C2. The first kappa shape index (κ1) is 15.6. The van der Waals surface area contributed by atoms with Crippen molar-refractivity contribution < 1.29 is 4.79 Å². The van der Waals surface area contributed by atoms with E-state index < -0.39 is 0 Å². The number of carbonyl (C=O) groups excluding carboxylic acids is 1. The number of amides is 1. The normalized spacial score (nSPS) is 39.7. The average Bonchev–Trinajstić information content (AvgIpc) is 2.61. The van der Waals surface area contributed by atoms with Crippen LogP contribution in [-0.2, 0) is 4.79 Å². The molecule has 1 aromatic rings. The Morgan fingerprint density at radius 2 is 1.80 bits per heavy atom. The molecular weight excluding hydrogens is 312 g/mol. The van der Waals surface area contributed by atoms with Crippen molar-refractivity contribution in [2.24, 2.45) is 23.2 Å². The van der Waals surface area contributed by atoms with Gasteiger partial charge in [-0.3, -0.25) is 4.79 Å². The van der Waals surface area contributed by atoms with Gasteiger partial charge in [0.15, 0.2) is 0 Å². The summed E-state index contributed by atoms with van der Waals surface area (Å²) in [6, 6.07) is 2.22. The van der Waals surface area contributed by atoms with Crippen molar-refractivity contribution in [3.63, 3.8) is 0 Å². The number of hydrogen-bond acceptors (Lipinski definition) is 4. The van der Waals surface area contributed by atoms with E-state index in [1.807, 2.05) is 6.07 Å². The third-order valence-corrected chi connectivity index (χ3v) is 7.27. The van der Waals surface area contributed by atoms with Crippen molar-refractivity contribution in [2.75, 3.05) is 24.5 Å². The van der Waals surface area contributed by atoms with E-state index in [0.29, 0.717) is 5.91 Å². The fourth-order valence-electron chi connectivity index (χ4n) is 6.62. The highest BCUT2D eigenvalue weighted by molar-refractivity contribution is 5.84. The lowest BCUT2D eigenvalue weighted by Crippen LogP contribution is -2.61. The lowest BCUT2D eigenvalue weighted by Gasteiger charge is -2.57. The minimum Gasteiger partial charge on any atom is -0.353 e. The lowest BCUT2D eigenvalue weighted by atomic mass is 9.49. The maximum atomic E-state index is 13.6. The molecule has 6 rings (SSSR count). The average molecular weight is 340 g/mol. The summed E-state index contributed by atoms with van der Waals surface area (Å²) in [7, 11) is 0. The van der Waals surface area contributed by atoms with Gasteiger partial charge in [0.05, 0.1) is 5.41 Å². The number of hydrogen-bond donors (Lipinski definition) is 0. The summed E-state index contributed by atoms with van der Waals surface area (Å²) >= 11 is 0. The van der Waals surface area contributed by atoms with Gasteiger partial charge in [0.2, 0.25) is 5.91 Å². The highest BCUT2D eigenvalue weighted by Gasteiger charge is 2.56. The van der Waals surface area contributed by atoms with Gasteiger partial charge in [-0.15, -0.1) is 0 Å². The smallest absolute Gasteiger partial charge is 0.229 e. The van der Waals surface area contributed by atoms with Gasteiger partial charge in [-0.1, -0.05) is 0 Å². The molecule has 1 atom stereocenters. The monoisotopic (exact) mass is 340 g/mol. The number of anilines is 1.